The van der Waals surface area contributed by atoms with E-state index in [2.05, 4.69) is 34.9 Å². The molecule has 0 aromatic heterocycles. The number of benzene rings is 2. The van der Waals surface area contributed by atoms with Crippen LogP contribution >= 0.6 is 0 Å². The van der Waals surface area contributed by atoms with Crippen molar-refractivity contribution in [3.8, 4) is 6.07 Å². The number of carbonyl (C=O) groups is 1. The molecule has 0 spiro atoms. The Bertz CT molecular complexity index is 778. The summed E-state index contributed by atoms with van der Waals surface area (Å²) < 4.78 is 0. The van der Waals surface area contributed by atoms with Crippen LogP contribution in [0.4, 0.5) is 5.69 Å². The number of amides is 1. The first kappa shape index (κ1) is 16.2. The largest absolute Gasteiger partial charge is 0.324 e. The molecule has 1 amide bonds. The third-order valence-electron chi connectivity index (χ3n) is 4.52. The first-order valence-electron chi connectivity index (χ1n) is 8.33. The summed E-state index contributed by atoms with van der Waals surface area (Å²) in [6, 6.07) is 17.4. The van der Waals surface area contributed by atoms with Gasteiger partial charge in [0, 0.05) is 6.04 Å². The highest BCUT2D eigenvalue weighted by atomic mass is 16.2. The van der Waals surface area contributed by atoms with Gasteiger partial charge in [0.15, 0.2) is 0 Å². The van der Waals surface area contributed by atoms with Crippen LogP contribution in [0.3, 0.4) is 0 Å². The van der Waals surface area contributed by atoms with Gasteiger partial charge in [-0.3, -0.25) is 10.1 Å². The fourth-order valence-corrected chi connectivity index (χ4v) is 3.24. The van der Waals surface area contributed by atoms with Gasteiger partial charge in [-0.1, -0.05) is 36.4 Å². The van der Waals surface area contributed by atoms with E-state index in [4.69, 9.17) is 5.26 Å². The molecule has 0 heterocycles. The molecule has 0 unspecified atom stereocenters. The summed E-state index contributed by atoms with van der Waals surface area (Å²) >= 11 is 0. The number of rotatable bonds is 4. The quantitative estimate of drug-likeness (QED) is 0.905. The van der Waals surface area contributed by atoms with Gasteiger partial charge >= 0.3 is 0 Å². The molecule has 4 nitrogen and oxygen atoms in total. The number of anilines is 1. The SMILES string of the molecule is C[C@H](N[C@@H]1CCCc2ccccc21)C(=O)Nc1ccccc1C#N. The van der Waals surface area contributed by atoms with Crippen molar-refractivity contribution in [3.63, 3.8) is 0 Å². The van der Waals surface area contributed by atoms with E-state index in [1.54, 1.807) is 18.2 Å². The monoisotopic (exact) mass is 319 g/mol. The maximum absolute atomic E-state index is 12.5. The summed E-state index contributed by atoms with van der Waals surface area (Å²) in [6.45, 7) is 1.86. The van der Waals surface area contributed by atoms with Crippen molar-refractivity contribution >= 4 is 11.6 Å². The van der Waals surface area contributed by atoms with E-state index < -0.39 is 0 Å². The van der Waals surface area contributed by atoms with Gasteiger partial charge in [0.25, 0.3) is 0 Å². The summed E-state index contributed by atoms with van der Waals surface area (Å²) in [7, 11) is 0. The standard InChI is InChI=1S/C20H21N3O/c1-14(20(24)23-18-11-5-3-8-16(18)13-21)22-19-12-6-9-15-7-2-4-10-17(15)19/h2-5,7-8,10-11,14,19,22H,6,9,12H2,1H3,(H,23,24)/t14-,19+/m0/s1. The van der Waals surface area contributed by atoms with Crippen LogP contribution in [-0.2, 0) is 11.2 Å². The molecule has 4 heteroatoms. The van der Waals surface area contributed by atoms with E-state index >= 15 is 0 Å². The molecule has 122 valence electrons. The highest BCUT2D eigenvalue weighted by molar-refractivity contribution is 5.95. The van der Waals surface area contributed by atoms with Crippen LogP contribution in [0.2, 0.25) is 0 Å². The molecule has 2 N–H and O–H groups in total. The minimum absolute atomic E-state index is 0.124. The van der Waals surface area contributed by atoms with Crippen molar-refractivity contribution in [1.29, 1.82) is 5.26 Å². The van der Waals surface area contributed by atoms with Crippen molar-refractivity contribution in [3.05, 3.63) is 65.2 Å². The Hall–Kier alpha value is -2.64. The zero-order valence-corrected chi connectivity index (χ0v) is 13.8. The molecule has 2 atom stereocenters. The Morgan fingerprint density at radius 3 is 2.79 bits per heavy atom. The lowest BCUT2D eigenvalue weighted by Gasteiger charge is -2.29. The molecule has 0 radical (unpaired) electrons. The maximum Gasteiger partial charge on any atom is 0.241 e. The number of fused-ring (bicyclic) bond motifs is 1. The van der Waals surface area contributed by atoms with Gasteiger partial charge in [0.2, 0.25) is 5.91 Å². The van der Waals surface area contributed by atoms with E-state index in [1.165, 1.54) is 11.1 Å². The fraction of sp³-hybridized carbons (Fsp3) is 0.300. The first-order chi connectivity index (χ1) is 11.7. The van der Waals surface area contributed by atoms with E-state index in [-0.39, 0.29) is 18.0 Å². The van der Waals surface area contributed by atoms with E-state index in [0.717, 1.165) is 19.3 Å². The molecule has 3 rings (SSSR count). The second kappa shape index (κ2) is 7.29. The summed E-state index contributed by atoms with van der Waals surface area (Å²) in [5.41, 5.74) is 3.69. The Morgan fingerprint density at radius 2 is 1.96 bits per heavy atom. The van der Waals surface area contributed by atoms with Crippen molar-refractivity contribution < 1.29 is 4.79 Å². The number of aryl methyl sites for hydroxylation is 1. The lowest BCUT2D eigenvalue weighted by Crippen LogP contribution is -2.41. The Balaban J connectivity index is 1.68. The lowest BCUT2D eigenvalue weighted by atomic mass is 9.87. The molecule has 2 aromatic rings. The molecule has 0 fully saturated rings. The summed E-state index contributed by atoms with van der Waals surface area (Å²) in [6.07, 6.45) is 3.26. The number of nitrogens with one attached hydrogen (secondary N) is 2. The van der Waals surface area contributed by atoms with Crippen LogP contribution in [0.5, 0.6) is 0 Å². The van der Waals surface area contributed by atoms with Crippen LogP contribution in [0.25, 0.3) is 0 Å². The number of para-hydroxylation sites is 1. The predicted molar refractivity (Wildman–Crippen MR) is 94.5 cm³/mol. The molecular formula is C20H21N3O. The van der Waals surface area contributed by atoms with Gasteiger partial charge in [-0.2, -0.15) is 5.26 Å². The van der Waals surface area contributed by atoms with E-state index in [9.17, 15) is 4.79 Å². The second-order valence-electron chi connectivity index (χ2n) is 6.18. The van der Waals surface area contributed by atoms with E-state index in [0.29, 0.717) is 11.3 Å². The topological polar surface area (TPSA) is 64.9 Å². The summed E-state index contributed by atoms with van der Waals surface area (Å²) in [5.74, 6) is -0.124. The molecule has 0 aliphatic heterocycles. The van der Waals surface area contributed by atoms with Gasteiger partial charge in [0.05, 0.1) is 17.3 Å². The van der Waals surface area contributed by atoms with Crippen LogP contribution < -0.4 is 10.6 Å². The Morgan fingerprint density at radius 1 is 1.21 bits per heavy atom. The van der Waals surface area contributed by atoms with E-state index in [1.807, 2.05) is 19.1 Å². The summed E-state index contributed by atoms with van der Waals surface area (Å²) in [5, 5.41) is 15.4. The first-order valence-corrected chi connectivity index (χ1v) is 8.33. The molecule has 0 saturated heterocycles. The van der Waals surface area contributed by atoms with Crippen molar-refractivity contribution in [2.75, 3.05) is 5.32 Å². The van der Waals surface area contributed by atoms with Crippen LogP contribution in [0.1, 0.15) is 42.5 Å². The third kappa shape index (κ3) is 3.47. The molecule has 2 aromatic carbocycles. The molecule has 1 aliphatic carbocycles. The fourth-order valence-electron chi connectivity index (χ4n) is 3.24. The van der Waals surface area contributed by atoms with Crippen molar-refractivity contribution in [2.45, 2.75) is 38.3 Å². The molecule has 24 heavy (non-hydrogen) atoms. The number of carbonyl (C=O) groups excluding carboxylic acids is 1. The maximum atomic E-state index is 12.5. The van der Waals surface area contributed by atoms with Gasteiger partial charge in [0.1, 0.15) is 6.07 Å². The van der Waals surface area contributed by atoms with Gasteiger partial charge < -0.3 is 5.32 Å². The third-order valence-corrected chi connectivity index (χ3v) is 4.52. The zero-order valence-electron chi connectivity index (χ0n) is 13.8. The second-order valence-corrected chi connectivity index (χ2v) is 6.18. The van der Waals surface area contributed by atoms with Crippen LogP contribution in [0.15, 0.2) is 48.5 Å². The zero-order chi connectivity index (χ0) is 16.9. The Labute approximate surface area is 142 Å². The lowest BCUT2D eigenvalue weighted by molar-refractivity contribution is -0.118. The molecule has 0 saturated carbocycles. The van der Waals surface area contributed by atoms with Crippen molar-refractivity contribution in [2.24, 2.45) is 0 Å². The smallest absolute Gasteiger partial charge is 0.241 e. The van der Waals surface area contributed by atoms with Gasteiger partial charge in [-0.15, -0.1) is 0 Å². The van der Waals surface area contributed by atoms with Crippen molar-refractivity contribution in [1.82, 2.24) is 5.32 Å². The molecule has 1 aliphatic rings. The predicted octanol–water partition coefficient (Wildman–Crippen LogP) is 3.55. The summed E-state index contributed by atoms with van der Waals surface area (Å²) in [4.78, 5) is 12.5. The number of hydrogen-bond donors (Lipinski definition) is 2. The average molecular weight is 319 g/mol. The number of nitriles is 1. The normalized spacial score (nSPS) is 17.4. The molecule has 0 bridgehead atoms. The Kier molecular flexibility index (Phi) is 4.93. The minimum atomic E-state index is -0.340. The highest BCUT2D eigenvalue weighted by Gasteiger charge is 2.23. The van der Waals surface area contributed by atoms with Gasteiger partial charge in [-0.25, -0.2) is 0 Å². The van der Waals surface area contributed by atoms with Gasteiger partial charge in [-0.05, 0) is 49.4 Å². The highest BCUT2D eigenvalue weighted by Crippen LogP contribution is 2.29. The number of nitrogens with zero attached hydrogens (tertiary/aromatic N) is 1. The van der Waals surface area contributed by atoms with Crippen LogP contribution in [-0.4, -0.2) is 11.9 Å². The molecular weight excluding hydrogens is 298 g/mol. The average Bonchev–Trinajstić information content (AvgIpc) is 2.62. The van der Waals surface area contributed by atoms with Crippen LogP contribution in [0, 0.1) is 11.3 Å². The minimum Gasteiger partial charge on any atom is -0.324 e. The number of hydrogen-bond acceptors (Lipinski definition) is 3.